The van der Waals surface area contributed by atoms with Gasteiger partial charge in [0, 0.05) is 12.1 Å². The lowest BCUT2D eigenvalue weighted by molar-refractivity contribution is -0.116. The van der Waals surface area contributed by atoms with Gasteiger partial charge in [0.1, 0.15) is 5.76 Å². The number of carbonyl (C=O) groups is 1. The lowest BCUT2D eigenvalue weighted by Gasteiger charge is -2.09. The van der Waals surface area contributed by atoms with E-state index in [0.29, 0.717) is 17.9 Å². The van der Waals surface area contributed by atoms with Gasteiger partial charge in [-0.05, 0) is 36.8 Å². The first-order chi connectivity index (χ1) is 11.0. The Morgan fingerprint density at radius 3 is 2.74 bits per heavy atom. The molecular weight excluding hydrogens is 316 g/mol. The summed E-state index contributed by atoms with van der Waals surface area (Å²) in [6.07, 6.45) is 3.63. The molecule has 0 aliphatic rings. The molecule has 0 radical (unpaired) electrons. The smallest absolute Gasteiger partial charge is 0.241 e. The van der Waals surface area contributed by atoms with Gasteiger partial charge in [0.15, 0.2) is 0 Å². The Labute approximate surface area is 135 Å². The van der Waals surface area contributed by atoms with Crippen molar-refractivity contribution in [2.75, 3.05) is 5.32 Å². The molecule has 2 N–H and O–H groups in total. The van der Waals surface area contributed by atoms with E-state index in [4.69, 9.17) is 4.42 Å². The van der Waals surface area contributed by atoms with Gasteiger partial charge in [0.25, 0.3) is 0 Å². The summed E-state index contributed by atoms with van der Waals surface area (Å²) in [5.41, 5.74) is 0.465. The minimum Gasteiger partial charge on any atom is -0.468 e. The highest BCUT2D eigenvalue weighted by molar-refractivity contribution is 7.89. The van der Waals surface area contributed by atoms with Crippen LogP contribution in [0.15, 0.2) is 52.0 Å². The molecule has 0 aliphatic heterocycles. The fourth-order valence-electron chi connectivity index (χ4n) is 1.96. The maximum atomic E-state index is 12.3. The molecule has 1 aromatic heterocycles. The molecule has 124 valence electrons. The van der Waals surface area contributed by atoms with Crippen molar-refractivity contribution in [1.29, 1.82) is 0 Å². The minimum atomic E-state index is -3.67. The first-order valence-electron chi connectivity index (χ1n) is 7.43. The van der Waals surface area contributed by atoms with Crippen LogP contribution in [0.4, 0.5) is 5.69 Å². The van der Waals surface area contributed by atoms with E-state index < -0.39 is 10.0 Å². The number of anilines is 1. The quantitative estimate of drug-likeness (QED) is 0.776. The summed E-state index contributed by atoms with van der Waals surface area (Å²) in [5, 5.41) is 2.71. The average Bonchev–Trinajstić information content (AvgIpc) is 3.05. The van der Waals surface area contributed by atoms with Crippen molar-refractivity contribution in [3.05, 3.63) is 48.4 Å². The normalized spacial score (nSPS) is 11.3. The van der Waals surface area contributed by atoms with Crippen molar-refractivity contribution in [2.24, 2.45) is 0 Å². The van der Waals surface area contributed by atoms with E-state index >= 15 is 0 Å². The Morgan fingerprint density at radius 2 is 2.04 bits per heavy atom. The molecule has 0 atom stereocenters. The molecule has 23 heavy (non-hydrogen) atoms. The fraction of sp³-hybridized carbons (Fsp3) is 0.312. The predicted octanol–water partition coefficient (Wildman–Crippen LogP) is 2.89. The van der Waals surface area contributed by atoms with Gasteiger partial charge in [0.2, 0.25) is 15.9 Å². The Hall–Kier alpha value is -2.12. The monoisotopic (exact) mass is 336 g/mol. The Kier molecular flexibility index (Phi) is 5.95. The van der Waals surface area contributed by atoms with Gasteiger partial charge in [-0.25, -0.2) is 13.1 Å². The molecular formula is C16H20N2O4S. The van der Waals surface area contributed by atoms with Gasteiger partial charge >= 0.3 is 0 Å². The van der Waals surface area contributed by atoms with E-state index in [1.165, 1.54) is 18.4 Å². The van der Waals surface area contributed by atoms with Gasteiger partial charge in [-0.2, -0.15) is 0 Å². The van der Waals surface area contributed by atoms with Gasteiger partial charge in [-0.15, -0.1) is 0 Å². The van der Waals surface area contributed by atoms with E-state index in [1.807, 2.05) is 6.92 Å². The molecule has 2 rings (SSSR count). The van der Waals surface area contributed by atoms with Crippen molar-refractivity contribution in [3.8, 4) is 0 Å². The Balaban J connectivity index is 2.04. The topological polar surface area (TPSA) is 88.4 Å². The molecule has 2 aromatic rings. The van der Waals surface area contributed by atoms with Crippen LogP contribution in [0.5, 0.6) is 0 Å². The van der Waals surface area contributed by atoms with Crippen LogP contribution >= 0.6 is 0 Å². The second-order valence-corrected chi connectivity index (χ2v) is 6.85. The number of carbonyl (C=O) groups excluding carboxylic acids is 1. The molecule has 1 heterocycles. The molecule has 1 aromatic carbocycles. The van der Waals surface area contributed by atoms with Crippen molar-refractivity contribution in [1.82, 2.24) is 4.72 Å². The van der Waals surface area contributed by atoms with Gasteiger partial charge < -0.3 is 9.73 Å². The molecule has 7 heteroatoms. The number of nitrogens with one attached hydrogen (secondary N) is 2. The van der Waals surface area contributed by atoms with Crippen LogP contribution in [0.1, 0.15) is 31.9 Å². The van der Waals surface area contributed by atoms with Crippen LogP contribution < -0.4 is 10.0 Å². The van der Waals surface area contributed by atoms with E-state index in [1.54, 1.807) is 24.3 Å². The highest BCUT2D eigenvalue weighted by Gasteiger charge is 2.15. The molecule has 0 saturated carbocycles. The third-order valence-corrected chi connectivity index (χ3v) is 4.60. The number of amides is 1. The Bertz CT molecular complexity index is 739. The summed E-state index contributed by atoms with van der Waals surface area (Å²) < 4.78 is 32.1. The second kappa shape index (κ2) is 7.94. The summed E-state index contributed by atoms with van der Waals surface area (Å²) in [5.74, 6) is 0.405. The van der Waals surface area contributed by atoms with Gasteiger partial charge in [-0.1, -0.05) is 19.4 Å². The minimum absolute atomic E-state index is 0.0718. The summed E-state index contributed by atoms with van der Waals surface area (Å²) in [6, 6.07) is 9.55. The lowest BCUT2D eigenvalue weighted by Crippen LogP contribution is -2.23. The average molecular weight is 336 g/mol. The van der Waals surface area contributed by atoms with E-state index in [9.17, 15) is 13.2 Å². The number of furan rings is 1. The van der Waals surface area contributed by atoms with Crippen molar-refractivity contribution >= 4 is 21.6 Å². The molecule has 0 fully saturated rings. The zero-order valence-corrected chi connectivity index (χ0v) is 13.7. The molecule has 0 unspecified atom stereocenters. The predicted molar refractivity (Wildman–Crippen MR) is 87.3 cm³/mol. The van der Waals surface area contributed by atoms with Crippen molar-refractivity contribution in [3.63, 3.8) is 0 Å². The Morgan fingerprint density at radius 1 is 1.22 bits per heavy atom. The number of unbranched alkanes of at least 4 members (excludes halogenated alkanes) is 1. The summed E-state index contributed by atoms with van der Waals surface area (Å²) in [6.45, 7) is 2.08. The summed E-state index contributed by atoms with van der Waals surface area (Å²) >= 11 is 0. The molecule has 0 aliphatic carbocycles. The molecule has 6 nitrogen and oxygen atoms in total. The third kappa shape index (κ3) is 5.22. The van der Waals surface area contributed by atoms with Crippen molar-refractivity contribution < 1.29 is 17.6 Å². The maximum absolute atomic E-state index is 12.3. The zero-order valence-electron chi connectivity index (χ0n) is 12.9. The lowest BCUT2D eigenvalue weighted by atomic mass is 10.2. The maximum Gasteiger partial charge on any atom is 0.241 e. The molecule has 0 saturated heterocycles. The van der Waals surface area contributed by atoms with Crippen LogP contribution in [0.3, 0.4) is 0 Å². The largest absolute Gasteiger partial charge is 0.468 e. The third-order valence-electron chi connectivity index (χ3n) is 3.20. The van der Waals surface area contributed by atoms with Gasteiger partial charge in [-0.3, -0.25) is 4.79 Å². The van der Waals surface area contributed by atoms with E-state index in [-0.39, 0.29) is 17.3 Å². The SMILES string of the molecule is CCCCC(=O)Nc1cccc(S(=O)(=O)NCc2ccco2)c1. The first-order valence-corrected chi connectivity index (χ1v) is 8.91. The van der Waals surface area contributed by atoms with Crippen molar-refractivity contribution in [2.45, 2.75) is 37.6 Å². The number of benzene rings is 1. The van der Waals surface area contributed by atoms with Crippen LogP contribution in [0.2, 0.25) is 0 Å². The number of sulfonamides is 1. The summed E-state index contributed by atoms with van der Waals surface area (Å²) in [4.78, 5) is 11.8. The van der Waals surface area contributed by atoms with E-state index in [2.05, 4.69) is 10.0 Å². The zero-order chi connectivity index (χ0) is 16.7. The van der Waals surface area contributed by atoms with Crippen LogP contribution in [-0.2, 0) is 21.4 Å². The highest BCUT2D eigenvalue weighted by Crippen LogP contribution is 2.16. The number of rotatable bonds is 8. The molecule has 0 bridgehead atoms. The van der Waals surface area contributed by atoms with Gasteiger partial charge in [0.05, 0.1) is 17.7 Å². The second-order valence-electron chi connectivity index (χ2n) is 5.08. The fourth-order valence-corrected chi connectivity index (χ4v) is 3.00. The molecule has 0 spiro atoms. The first kappa shape index (κ1) is 17.2. The molecule has 1 amide bonds. The number of hydrogen-bond donors (Lipinski definition) is 2. The van der Waals surface area contributed by atoms with Crippen LogP contribution in [-0.4, -0.2) is 14.3 Å². The standard InChI is InChI=1S/C16H20N2O4S/c1-2-3-9-16(19)18-13-6-4-8-15(11-13)23(20,21)17-12-14-7-5-10-22-14/h4-8,10-11,17H,2-3,9,12H2,1H3,(H,18,19). The van der Waals surface area contributed by atoms with Crippen LogP contribution in [0.25, 0.3) is 0 Å². The summed E-state index contributed by atoms with van der Waals surface area (Å²) in [7, 11) is -3.67. The highest BCUT2D eigenvalue weighted by atomic mass is 32.2. The van der Waals surface area contributed by atoms with Crippen LogP contribution in [0, 0.1) is 0 Å². The van der Waals surface area contributed by atoms with E-state index in [0.717, 1.165) is 12.8 Å². The number of hydrogen-bond acceptors (Lipinski definition) is 4.